The number of hydrogen-bond donors (Lipinski definition) is 3. The van der Waals surface area contributed by atoms with E-state index in [1.165, 1.54) is 276 Å². The average Bonchev–Trinajstić information content (AvgIpc) is 0.971. The zero-order valence-corrected chi connectivity index (χ0v) is 70.7. The van der Waals surface area contributed by atoms with Crippen molar-refractivity contribution in [2.75, 3.05) is 39.6 Å². The number of aliphatic hydroxyl groups is 1. The Morgan fingerprint density at radius 2 is 0.438 bits per heavy atom. The van der Waals surface area contributed by atoms with Crippen molar-refractivity contribution in [2.45, 2.75) is 483 Å². The normalized spacial score (nSPS) is 13.8. The maximum Gasteiger partial charge on any atom is 0.472 e. The van der Waals surface area contributed by atoms with Crippen molar-refractivity contribution >= 4 is 39.5 Å². The summed E-state index contributed by atoms with van der Waals surface area (Å²) in [6.45, 7) is 7.34. The molecule has 0 aromatic heterocycles. The summed E-state index contributed by atoms with van der Waals surface area (Å²) in [7, 11) is -9.92. The standard InChI is InChI=1S/C86H168O17P2/c1-6-9-12-15-18-20-22-24-26-28-30-32-34-38-42-46-50-55-60-65-70-84(89)97-76-82(103-86(91)72-66-61-56-51-47-43-39-35-33-31-29-27-25-23-21-19-16-13-10-7-2)78-101-105(94,95)99-74-80(87)73-98-104(92,93)100-77-81(75-96-83(88)69-64-59-53-17-14-11-8-3)102-85(90)71-67-62-57-52-48-44-40-36-37-41-45-49-54-58-63-68-79(4)5/h79-82,87H,6-78H2,1-5H3,(H,92,93)(H,94,95)/t80-,81+,82+/m0/s1. The largest absolute Gasteiger partial charge is 0.472 e. The van der Waals surface area contributed by atoms with Crippen LogP contribution in [0.25, 0.3) is 0 Å². The molecule has 19 heteroatoms. The molecule has 0 bridgehead atoms. The topological polar surface area (TPSA) is 237 Å². The van der Waals surface area contributed by atoms with Gasteiger partial charge in [-0.2, -0.15) is 0 Å². The van der Waals surface area contributed by atoms with Crippen LogP contribution in [0.5, 0.6) is 0 Å². The molecule has 0 saturated heterocycles. The summed E-state index contributed by atoms with van der Waals surface area (Å²) in [5.74, 6) is -1.30. The summed E-state index contributed by atoms with van der Waals surface area (Å²) >= 11 is 0. The van der Waals surface area contributed by atoms with Crippen LogP contribution in [0.4, 0.5) is 0 Å². The minimum Gasteiger partial charge on any atom is -0.462 e. The van der Waals surface area contributed by atoms with E-state index in [0.717, 1.165) is 109 Å². The van der Waals surface area contributed by atoms with Gasteiger partial charge in [0.05, 0.1) is 26.4 Å². The van der Waals surface area contributed by atoms with Gasteiger partial charge in [-0.3, -0.25) is 37.3 Å². The highest BCUT2D eigenvalue weighted by Gasteiger charge is 2.30. The fraction of sp³-hybridized carbons (Fsp3) is 0.953. The predicted octanol–water partition coefficient (Wildman–Crippen LogP) is 26.4. The van der Waals surface area contributed by atoms with E-state index in [2.05, 4.69) is 34.6 Å². The second kappa shape index (κ2) is 78.7. The Morgan fingerprint density at radius 1 is 0.257 bits per heavy atom. The Balaban J connectivity index is 5.16. The molecular formula is C86H168O17P2. The molecule has 0 amide bonds. The highest BCUT2D eigenvalue weighted by Crippen LogP contribution is 2.45. The maximum atomic E-state index is 13.1. The first kappa shape index (κ1) is 103. The Labute approximate surface area is 645 Å². The van der Waals surface area contributed by atoms with Crippen LogP contribution in [0.15, 0.2) is 0 Å². The van der Waals surface area contributed by atoms with E-state index >= 15 is 0 Å². The van der Waals surface area contributed by atoms with Gasteiger partial charge in [0.1, 0.15) is 19.3 Å². The van der Waals surface area contributed by atoms with E-state index in [9.17, 15) is 43.2 Å². The molecule has 3 N–H and O–H groups in total. The lowest BCUT2D eigenvalue weighted by atomic mass is 10.0. The highest BCUT2D eigenvalue weighted by molar-refractivity contribution is 7.47. The fourth-order valence-corrected chi connectivity index (χ4v) is 15.1. The second-order valence-corrected chi connectivity index (χ2v) is 34.3. The number of unbranched alkanes of at least 4 members (excludes halogenated alkanes) is 58. The first-order chi connectivity index (χ1) is 51.0. The third-order valence-electron chi connectivity index (χ3n) is 20.3. The summed E-state index contributed by atoms with van der Waals surface area (Å²) in [5, 5.41) is 10.7. The van der Waals surface area contributed by atoms with Crippen LogP contribution >= 0.6 is 15.6 Å². The van der Waals surface area contributed by atoms with Gasteiger partial charge in [0.2, 0.25) is 0 Å². The number of aliphatic hydroxyl groups excluding tert-OH is 1. The summed E-state index contributed by atoms with van der Waals surface area (Å²) in [6, 6.07) is 0. The number of hydrogen-bond acceptors (Lipinski definition) is 15. The van der Waals surface area contributed by atoms with Gasteiger partial charge in [0.15, 0.2) is 12.2 Å². The SMILES string of the molecule is CCCCCCCCCCCCCCCCCCCCCCC(=O)OC[C@H](COP(=O)(O)OC[C@@H](O)COP(=O)(O)OC[C@@H](COC(=O)CCCCCCCCC)OC(=O)CCCCCCCCCCCCCCCCCC(C)C)OC(=O)CCCCCCCCCCCCCCCCCCCCCC. The van der Waals surface area contributed by atoms with Gasteiger partial charge >= 0.3 is 39.5 Å². The monoisotopic (exact) mass is 1540 g/mol. The molecular weight excluding hydrogens is 1370 g/mol. The molecule has 105 heavy (non-hydrogen) atoms. The minimum atomic E-state index is -4.96. The van der Waals surface area contributed by atoms with Crippen molar-refractivity contribution in [2.24, 2.45) is 5.92 Å². The van der Waals surface area contributed by atoms with Crippen LogP contribution in [0.2, 0.25) is 0 Å². The van der Waals surface area contributed by atoms with Gasteiger partial charge in [-0.25, -0.2) is 9.13 Å². The van der Waals surface area contributed by atoms with Gasteiger partial charge in [-0.1, -0.05) is 413 Å². The molecule has 2 unspecified atom stereocenters. The first-order valence-corrected chi connectivity index (χ1v) is 47.6. The van der Waals surface area contributed by atoms with Crippen LogP contribution in [0.3, 0.4) is 0 Å². The van der Waals surface area contributed by atoms with Crippen molar-refractivity contribution in [3.05, 3.63) is 0 Å². The molecule has 624 valence electrons. The average molecular weight is 1540 g/mol. The number of phosphoric acid groups is 2. The number of carbonyl (C=O) groups is 4. The van der Waals surface area contributed by atoms with E-state index in [4.69, 9.17) is 37.0 Å². The Bertz CT molecular complexity index is 2000. The van der Waals surface area contributed by atoms with Crippen molar-refractivity contribution in [1.29, 1.82) is 0 Å². The lowest BCUT2D eigenvalue weighted by Crippen LogP contribution is -2.30. The minimum absolute atomic E-state index is 0.108. The van der Waals surface area contributed by atoms with Crippen molar-refractivity contribution in [3.8, 4) is 0 Å². The quantitative estimate of drug-likeness (QED) is 0.0222. The van der Waals surface area contributed by atoms with E-state index < -0.39 is 97.5 Å². The summed E-state index contributed by atoms with van der Waals surface area (Å²) in [4.78, 5) is 73.1. The molecule has 5 atom stereocenters. The highest BCUT2D eigenvalue weighted by atomic mass is 31.2. The van der Waals surface area contributed by atoms with Crippen molar-refractivity contribution < 1.29 is 80.2 Å². The van der Waals surface area contributed by atoms with Crippen LogP contribution in [0.1, 0.15) is 465 Å². The van der Waals surface area contributed by atoms with Gasteiger partial charge in [0.25, 0.3) is 0 Å². The Hall–Kier alpha value is -1.94. The number of esters is 4. The lowest BCUT2D eigenvalue weighted by Gasteiger charge is -2.21. The van der Waals surface area contributed by atoms with Crippen LogP contribution in [-0.2, 0) is 65.4 Å². The van der Waals surface area contributed by atoms with Gasteiger partial charge in [0, 0.05) is 25.7 Å². The molecule has 0 aliphatic heterocycles. The lowest BCUT2D eigenvalue weighted by molar-refractivity contribution is -0.161. The third kappa shape index (κ3) is 79.9. The van der Waals surface area contributed by atoms with Crippen LogP contribution < -0.4 is 0 Å². The molecule has 0 aliphatic rings. The number of rotatable bonds is 86. The molecule has 0 heterocycles. The second-order valence-electron chi connectivity index (χ2n) is 31.4. The molecule has 0 spiro atoms. The zero-order chi connectivity index (χ0) is 76.9. The summed E-state index contributed by atoms with van der Waals surface area (Å²) in [6.07, 6.45) is 72.5. The van der Waals surface area contributed by atoms with Gasteiger partial charge in [-0.15, -0.1) is 0 Å². The Morgan fingerprint density at radius 3 is 0.648 bits per heavy atom. The molecule has 0 fully saturated rings. The van der Waals surface area contributed by atoms with Gasteiger partial charge < -0.3 is 33.8 Å². The molecule has 0 aromatic rings. The van der Waals surface area contributed by atoms with Gasteiger partial charge in [-0.05, 0) is 31.6 Å². The molecule has 17 nitrogen and oxygen atoms in total. The molecule has 0 rings (SSSR count). The molecule has 0 aliphatic carbocycles. The molecule has 0 radical (unpaired) electrons. The van der Waals surface area contributed by atoms with Crippen LogP contribution in [0, 0.1) is 5.92 Å². The third-order valence-corrected chi connectivity index (χ3v) is 22.2. The number of phosphoric ester groups is 2. The van der Waals surface area contributed by atoms with E-state index in [-0.39, 0.29) is 25.7 Å². The maximum absolute atomic E-state index is 13.1. The fourth-order valence-electron chi connectivity index (χ4n) is 13.5. The predicted molar refractivity (Wildman–Crippen MR) is 432 cm³/mol. The van der Waals surface area contributed by atoms with E-state index in [1.807, 2.05) is 0 Å². The number of ether oxygens (including phenoxy) is 4. The van der Waals surface area contributed by atoms with E-state index in [0.29, 0.717) is 25.7 Å². The Kier molecular flexibility index (Phi) is 77.3. The van der Waals surface area contributed by atoms with Crippen molar-refractivity contribution in [1.82, 2.24) is 0 Å². The van der Waals surface area contributed by atoms with E-state index in [1.54, 1.807) is 0 Å². The number of carbonyl (C=O) groups excluding carboxylic acids is 4. The zero-order valence-electron chi connectivity index (χ0n) is 68.9. The molecule has 0 saturated carbocycles. The summed E-state index contributed by atoms with van der Waals surface area (Å²) in [5.41, 5.74) is 0. The van der Waals surface area contributed by atoms with Crippen LogP contribution in [-0.4, -0.2) is 96.7 Å². The first-order valence-electron chi connectivity index (χ1n) is 44.6. The smallest absolute Gasteiger partial charge is 0.462 e. The summed E-state index contributed by atoms with van der Waals surface area (Å²) < 4.78 is 68.8. The van der Waals surface area contributed by atoms with Crippen molar-refractivity contribution in [3.63, 3.8) is 0 Å². The molecule has 0 aromatic carbocycles.